The molecule has 1 aromatic carbocycles. The highest BCUT2D eigenvalue weighted by atomic mass is 32.2. The first-order valence-corrected chi connectivity index (χ1v) is 7.57. The van der Waals surface area contributed by atoms with Crippen LogP contribution in [0.4, 0.5) is 5.69 Å². The maximum atomic E-state index is 12.0. The molecule has 0 spiro atoms. The SMILES string of the molecule is Cc1cc(C)cc(NC(=O)CSc2nnc(C)c(=O)n2N)c1. The minimum absolute atomic E-state index is 0.0847. The van der Waals surface area contributed by atoms with Crippen molar-refractivity contribution in [1.82, 2.24) is 14.9 Å². The Labute approximate surface area is 131 Å². The molecule has 3 N–H and O–H groups in total. The molecule has 0 unspecified atom stereocenters. The number of anilines is 1. The van der Waals surface area contributed by atoms with E-state index in [2.05, 4.69) is 15.5 Å². The zero-order chi connectivity index (χ0) is 16.3. The van der Waals surface area contributed by atoms with Gasteiger partial charge in [-0.2, -0.15) is 4.68 Å². The number of nitrogens with zero attached hydrogens (tertiary/aromatic N) is 3. The van der Waals surface area contributed by atoms with Crippen LogP contribution < -0.4 is 16.7 Å². The Bertz CT molecular complexity index is 752. The molecule has 22 heavy (non-hydrogen) atoms. The average Bonchev–Trinajstić information content (AvgIpc) is 2.43. The minimum atomic E-state index is -0.424. The maximum absolute atomic E-state index is 12.0. The third kappa shape index (κ3) is 3.85. The van der Waals surface area contributed by atoms with E-state index in [4.69, 9.17) is 5.84 Å². The van der Waals surface area contributed by atoms with E-state index < -0.39 is 5.56 Å². The van der Waals surface area contributed by atoms with E-state index in [-0.39, 0.29) is 22.5 Å². The first-order valence-electron chi connectivity index (χ1n) is 6.59. The Kier molecular flexibility index (Phi) is 4.81. The van der Waals surface area contributed by atoms with E-state index in [0.29, 0.717) is 0 Å². The Morgan fingerprint density at radius 3 is 2.50 bits per heavy atom. The molecule has 0 saturated heterocycles. The van der Waals surface area contributed by atoms with Crippen LogP contribution in [0.2, 0.25) is 0 Å². The number of carbonyl (C=O) groups is 1. The predicted octanol–water partition coefficient (Wildman–Crippen LogP) is 1.01. The highest BCUT2D eigenvalue weighted by Crippen LogP contribution is 2.16. The molecule has 0 aliphatic heterocycles. The van der Waals surface area contributed by atoms with Crippen molar-refractivity contribution in [3.63, 3.8) is 0 Å². The summed E-state index contributed by atoms with van der Waals surface area (Å²) in [6, 6.07) is 5.81. The quantitative estimate of drug-likeness (QED) is 0.644. The van der Waals surface area contributed by atoms with Crippen molar-refractivity contribution >= 4 is 23.4 Å². The molecular formula is C14H17N5O2S. The third-order valence-corrected chi connectivity index (χ3v) is 3.80. The van der Waals surface area contributed by atoms with Gasteiger partial charge in [-0.15, -0.1) is 10.2 Å². The van der Waals surface area contributed by atoms with E-state index in [9.17, 15) is 9.59 Å². The van der Waals surface area contributed by atoms with Gasteiger partial charge < -0.3 is 11.2 Å². The Morgan fingerprint density at radius 2 is 1.86 bits per heavy atom. The van der Waals surface area contributed by atoms with Crippen molar-refractivity contribution in [3.05, 3.63) is 45.4 Å². The van der Waals surface area contributed by atoms with Crippen LogP contribution in [0.25, 0.3) is 0 Å². The van der Waals surface area contributed by atoms with E-state index in [1.165, 1.54) is 6.92 Å². The topological polar surface area (TPSA) is 103 Å². The fourth-order valence-corrected chi connectivity index (χ4v) is 2.60. The lowest BCUT2D eigenvalue weighted by Gasteiger charge is -2.08. The summed E-state index contributed by atoms with van der Waals surface area (Å²) in [5.41, 5.74) is 2.67. The van der Waals surface area contributed by atoms with Crippen LogP contribution in [0.3, 0.4) is 0 Å². The number of nitrogen functional groups attached to an aromatic ring is 1. The van der Waals surface area contributed by atoms with Gasteiger partial charge in [0.25, 0.3) is 5.56 Å². The zero-order valence-corrected chi connectivity index (χ0v) is 13.4. The van der Waals surface area contributed by atoms with Crippen molar-refractivity contribution < 1.29 is 4.79 Å². The molecule has 2 rings (SSSR count). The zero-order valence-electron chi connectivity index (χ0n) is 12.6. The molecule has 1 aromatic heterocycles. The monoisotopic (exact) mass is 319 g/mol. The molecule has 0 bridgehead atoms. The van der Waals surface area contributed by atoms with Crippen molar-refractivity contribution in [2.45, 2.75) is 25.9 Å². The summed E-state index contributed by atoms with van der Waals surface area (Å²) in [6.45, 7) is 5.46. The Morgan fingerprint density at radius 1 is 1.23 bits per heavy atom. The van der Waals surface area contributed by atoms with Crippen molar-refractivity contribution in [1.29, 1.82) is 0 Å². The number of hydrogen-bond acceptors (Lipinski definition) is 6. The third-order valence-electron chi connectivity index (χ3n) is 2.86. The summed E-state index contributed by atoms with van der Waals surface area (Å²) < 4.78 is 0.900. The highest BCUT2D eigenvalue weighted by Gasteiger charge is 2.10. The number of hydrogen-bond donors (Lipinski definition) is 2. The van der Waals surface area contributed by atoms with Crippen LogP contribution in [-0.4, -0.2) is 26.5 Å². The van der Waals surface area contributed by atoms with Crippen molar-refractivity contribution in [3.8, 4) is 0 Å². The van der Waals surface area contributed by atoms with Gasteiger partial charge in [-0.25, -0.2) is 0 Å². The molecule has 1 heterocycles. The van der Waals surface area contributed by atoms with E-state index in [1.807, 2.05) is 32.0 Å². The number of nitrogens with one attached hydrogen (secondary N) is 1. The smallest absolute Gasteiger partial charge is 0.294 e. The average molecular weight is 319 g/mol. The molecular weight excluding hydrogens is 302 g/mol. The summed E-state index contributed by atoms with van der Waals surface area (Å²) >= 11 is 1.06. The second-order valence-electron chi connectivity index (χ2n) is 4.96. The molecule has 0 fully saturated rings. The van der Waals surface area contributed by atoms with Gasteiger partial charge >= 0.3 is 0 Å². The molecule has 0 aliphatic carbocycles. The number of amides is 1. The van der Waals surface area contributed by atoms with Gasteiger partial charge in [-0.3, -0.25) is 9.59 Å². The number of carbonyl (C=O) groups excluding carboxylic acids is 1. The molecule has 0 saturated carbocycles. The van der Waals surface area contributed by atoms with Gasteiger partial charge in [-0.05, 0) is 44.0 Å². The summed E-state index contributed by atoms with van der Waals surface area (Å²) in [7, 11) is 0. The molecule has 8 heteroatoms. The lowest BCUT2D eigenvalue weighted by molar-refractivity contribution is -0.113. The van der Waals surface area contributed by atoms with Crippen LogP contribution in [0, 0.1) is 20.8 Å². The summed E-state index contributed by atoms with van der Waals surface area (Å²) in [6.07, 6.45) is 0. The molecule has 1 amide bonds. The van der Waals surface area contributed by atoms with Gasteiger partial charge in [0.05, 0.1) is 5.75 Å². The summed E-state index contributed by atoms with van der Waals surface area (Å²) in [5, 5.41) is 10.5. The van der Waals surface area contributed by atoms with Crippen LogP contribution in [-0.2, 0) is 4.79 Å². The van der Waals surface area contributed by atoms with Gasteiger partial charge in [0.15, 0.2) is 0 Å². The minimum Gasteiger partial charge on any atom is -0.334 e. The van der Waals surface area contributed by atoms with Crippen molar-refractivity contribution in [2.75, 3.05) is 16.9 Å². The molecule has 0 radical (unpaired) electrons. The lowest BCUT2D eigenvalue weighted by Crippen LogP contribution is -2.32. The van der Waals surface area contributed by atoms with Crippen LogP contribution >= 0.6 is 11.8 Å². The van der Waals surface area contributed by atoms with Gasteiger partial charge in [0.1, 0.15) is 5.69 Å². The fraction of sp³-hybridized carbons (Fsp3) is 0.286. The van der Waals surface area contributed by atoms with Crippen molar-refractivity contribution in [2.24, 2.45) is 0 Å². The van der Waals surface area contributed by atoms with E-state index >= 15 is 0 Å². The molecule has 0 aliphatic rings. The Hall–Kier alpha value is -2.35. The normalized spacial score (nSPS) is 10.5. The van der Waals surface area contributed by atoms with Gasteiger partial charge in [-0.1, -0.05) is 17.8 Å². The van der Waals surface area contributed by atoms with E-state index in [0.717, 1.165) is 33.3 Å². The second kappa shape index (κ2) is 6.61. The van der Waals surface area contributed by atoms with Crippen LogP contribution in [0.15, 0.2) is 28.2 Å². The van der Waals surface area contributed by atoms with Crippen LogP contribution in [0.5, 0.6) is 0 Å². The maximum Gasteiger partial charge on any atom is 0.294 e. The van der Waals surface area contributed by atoms with E-state index in [1.54, 1.807) is 0 Å². The highest BCUT2D eigenvalue weighted by molar-refractivity contribution is 7.99. The first kappa shape index (κ1) is 16.0. The number of thioether (sulfide) groups is 1. The number of benzene rings is 1. The predicted molar refractivity (Wildman–Crippen MR) is 86.4 cm³/mol. The lowest BCUT2D eigenvalue weighted by atomic mass is 10.1. The largest absolute Gasteiger partial charge is 0.334 e. The standard InChI is InChI=1S/C14H17N5O2S/c1-8-4-9(2)6-11(5-8)16-12(20)7-22-14-18-17-10(3)13(21)19(14)15/h4-6H,7,15H2,1-3H3,(H,16,20). The Balaban J connectivity index is 2.01. The fourth-order valence-electron chi connectivity index (χ4n) is 1.94. The number of aryl methyl sites for hydroxylation is 3. The number of rotatable bonds is 4. The summed E-state index contributed by atoms with van der Waals surface area (Å²) in [5.74, 6) is 5.49. The first-order chi connectivity index (χ1) is 10.4. The molecule has 7 nitrogen and oxygen atoms in total. The summed E-state index contributed by atoms with van der Waals surface area (Å²) in [4.78, 5) is 23.6. The number of nitrogens with two attached hydrogens (primary N) is 1. The van der Waals surface area contributed by atoms with Gasteiger partial charge in [0.2, 0.25) is 11.1 Å². The molecule has 2 aromatic rings. The second-order valence-corrected chi connectivity index (χ2v) is 5.90. The van der Waals surface area contributed by atoms with Crippen LogP contribution in [0.1, 0.15) is 16.8 Å². The molecule has 116 valence electrons. The molecule has 0 atom stereocenters. The number of aromatic nitrogens is 3. The van der Waals surface area contributed by atoms with Gasteiger partial charge in [0, 0.05) is 5.69 Å².